The third-order valence-corrected chi connectivity index (χ3v) is 3.25. The fourth-order valence-electron chi connectivity index (χ4n) is 2.00. The van der Waals surface area contributed by atoms with E-state index in [1.165, 1.54) is 26.4 Å². The zero-order valence-corrected chi connectivity index (χ0v) is 13.4. The lowest BCUT2D eigenvalue weighted by Crippen LogP contribution is -2.37. The number of hydrogen-bond acceptors (Lipinski definition) is 8. The summed E-state index contributed by atoms with van der Waals surface area (Å²) in [7, 11) is 0. The molecule has 2 rings (SSSR count). The van der Waals surface area contributed by atoms with Gasteiger partial charge in [-0.15, -0.1) is 0 Å². The number of nitrogens with zero attached hydrogens (tertiary/aromatic N) is 4. The van der Waals surface area contributed by atoms with Gasteiger partial charge in [0.2, 0.25) is 5.95 Å². The van der Waals surface area contributed by atoms with Crippen molar-refractivity contribution in [2.45, 2.75) is 32.5 Å². The Bertz CT molecular complexity index is 730. The summed E-state index contributed by atoms with van der Waals surface area (Å²) in [6, 6.07) is 0. The second-order valence-corrected chi connectivity index (χ2v) is 5.34. The Morgan fingerprint density at radius 2 is 1.88 bits per heavy atom. The van der Waals surface area contributed by atoms with Crippen LogP contribution < -0.4 is 5.73 Å². The molecular weight excluding hydrogens is 321 g/mol. The van der Waals surface area contributed by atoms with E-state index in [4.69, 9.17) is 15.2 Å². The van der Waals surface area contributed by atoms with Crippen LogP contribution in [0.1, 0.15) is 20.3 Å². The predicted molar refractivity (Wildman–Crippen MR) is 81.5 cm³/mol. The van der Waals surface area contributed by atoms with Crippen LogP contribution in [-0.4, -0.2) is 50.3 Å². The highest BCUT2D eigenvalue weighted by Crippen LogP contribution is 2.21. The lowest BCUT2D eigenvalue weighted by atomic mass is 10.0. The molecule has 10 heteroatoms. The second-order valence-electron chi connectivity index (χ2n) is 5.34. The number of imidazole rings is 1. The minimum Gasteiger partial charge on any atom is -0.462 e. The largest absolute Gasteiger partial charge is 0.462 e. The first-order valence-electron chi connectivity index (χ1n) is 7.18. The van der Waals surface area contributed by atoms with Gasteiger partial charge in [-0.1, -0.05) is 0 Å². The highest BCUT2D eigenvalue weighted by molar-refractivity contribution is 5.70. The number of aromatic nitrogens is 4. The van der Waals surface area contributed by atoms with Crippen molar-refractivity contribution in [3.63, 3.8) is 0 Å². The van der Waals surface area contributed by atoms with E-state index < -0.39 is 30.8 Å². The molecule has 0 aliphatic carbocycles. The van der Waals surface area contributed by atoms with Crippen molar-refractivity contribution in [2.75, 3.05) is 18.9 Å². The van der Waals surface area contributed by atoms with Crippen molar-refractivity contribution in [3.05, 3.63) is 12.5 Å². The Morgan fingerprint density at radius 3 is 2.46 bits per heavy atom. The minimum absolute atomic E-state index is 0.0792. The maximum absolute atomic E-state index is 14.9. The van der Waals surface area contributed by atoms with Gasteiger partial charge in [-0.05, 0) is 0 Å². The molecule has 2 aromatic heterocycles. The first-order valence-corrected chi connectivity index (χ1v) is 7.18. The van der Waals surface area contributed by atoms with Gasteiger partial charge in [0.05, 0.1) is 12.5 Å². The number of aryl methyl sites for hydroxylation is 1. The van der Waals surface area contributed by atoms with E-state index in [1.807, 2.05) is 0 Å². The molecule has 0 saturated carbocycles. The third-order valence-electron chi connectivity index (χ3n) is 3.25. The van der Waals surface area contributed by atoms with Crippen LogP contribution >= 0.6 is 0 Å². The number of esters is 2. The topological polar surface area (TPSA) is 122 Å². The van der Waals surface area contributed by atoms with Crippen molar-refractivity contribution in [1.29, 1.82) is 0 Å². The molecule has 0 unspecified atom stereocenters. The summed E-state index contributed by atoms with van der Waals surface area (Å²) in [6.45, 7) is 1.50. The highest BCUT2D eigenvalue weighted by atomic mass is 19.1. The fraction of sp³-hybridized carbons (Fsp3) is 0.500. The number of nitrogen functional groups attached to an aromatic ring is 1. The summed E-state index contributed by atoms with van der Waals surface area (Å²) in [4.78, 5) is 33.8. The molecule has 0 radical (unpaired) electrons. The maximum Gasteiger partial charge on any atom is 0.302 e. The smallest absolute Gasteiger partial charge is 0.302 e. The Hall–Kier alpha value is -2.78. The highest BCUT2D eigenvalue weighted by Gasteiger charge is 2.33. The monoisotopic (exact) mass is 339 g/mol. The van der Waals surface area contributed by atoms with E-state index in [2.05, 4.69) is 15.0 Å². The standard InChI is InChI=1S/C14H18FN5O4/c1-9(21)23-6-14(15,7-24-10(2)22)3-4-20-8-18-11-5-17-13(16)19-12(11)20/h5,8H,3-4,6-7H2,1-2H3,(H2,16,17,19). The number of rotatable bonds is 7. The fourth-order valence-corrected chi connectivity index (χ4v) is 2.00. The van der Waals surface area contributed by atoms with Crippen LogP contribution in [0.15, 0.2) is 12.5 Å². The van der Waals surface area contributed by atoms with Crippen molar-refractivity contribution in [2.24, 2.45) is 0 Å². The lowest BCUT2D eigenvalue weighted by molar-refractivity contribution is -0.153. The van der Waals surface area contributed by atoms with Crippen molar-refractivity contribution < 1.29 is 23.5 Å². The molecule has 24 heavy (non-hydrogen) atoms. The van der Waals surface area contributed by atoms with Crippen LogP contribution in [0, 0.1) is 0 Å². The molecule has 0 fully saturated rings. The van der Waals surface area contributed by atoms with E-state index >= 15 is 0 Å². The molecule has 2 heterocycles. The van der Waals surface area contributed by atoms with Gasteiger partial charge in [0.15, 0.2) is 11.3 Å². The molecule has 0 spiro atoms. The van der Waals surface area contributed by atoms with E-state index in [0.717, 1.165) is 0 Å². The van der Waals surface area contributed by atoms with Crippen LogP contribution in [0.3, 0.4) is 0 Å². The lowest BCUT2D eigenvalue weighted by Gasteiger charge is -2.24. The molecule has 9 nitrogen and oxygen atoms in total. The Labute approximate surface area is 137 Å². The van der Waals surface area contributed by atoms with Gasteiger partial charge >= 0.3 is 11.9 Å². The molecule has 2 N–H and O–H groups in total. The van der Waals surface area contributed by atoms with Gasteiger partial charge in [0.1, 0.15) is 18.7 Å². The average Bonchev–Trinajstić information content (AvgIpc) is 2.91. The number of nitrogens with two attached hydrogens (primary N) is 1. The predicted octanol–water partition coefficient (Wildman–Crippen LogP) is 0.633. The number of halogens is 1. The van der Waals surface area contributed by atoms with Crippen LogP contribution in [-0.2, 0) is 25.6 Å². The SMILES string of the molecule is CC(=O)OCC(F)(CCn1cnc2cnc(N)nc21)COC(C)=O. The summed E-state index contributed by atoms with van der Waals surface area (Å²) < 4.78 is 26.0. The first-order chi connectivity index (χ1) is 11.3. The number of hydrogen-bond donors (Lipinski definition) is 1. The van der Waals surface area contributed by atoms with Crippen LogP contribution in [0.25, 0.3) is 11.2 Å². The number of anilines is 1. The Balaban J connectivity index is 2.11. The molecule has 0 saturated heterocycles. The molecule has 2 aromatic rings. The summed E-state index contributed by atoms with van der Waals surface area (Å²) in [6.07, 6.45) is 2.87. The molecule has 0 aliphatic heterocycles. The van der Waals surface area contributed by atoms with E-state index in [1.54, 1.807) is 4.57 Å². The Kier molecular flexibility index (Phi) is 5.27. The van der Waals surface area contributed by atoms with Crippen LogP contribution in [0.4, 0.5) is 10.3 Å². The van der Waals surface area contributed by atoms with E-state index in [0.29, 0.717) is 11.2 Å². The van der Waals surface area contributed by atoms with Crippen molar-refractivity contribution >= 4 is 29.1 Å². The molecule has 0 atom stereocenters. The van der Waals surface area contributed by atoms with Gasteiger partial charge in [-0.3, -0.25) is 9.59 Å². The van der Waals surface area contributed by atoms with Gasteiger partial charge in [0, 0.05) is 26.8 Å². The average molecular weight is 339 g/mol. The number of carbonyl (C=O) groups excluding carboxylic acids is 2. The van der Waals surface area contributed by atoms with Gasteiger partial charge < -0.3 is 19.8 Å². The minimum atomic E-state index is -2.02. The van der Waals surface area contributed by atoms with Crippen molar-refractivity contribution in [3.8, 4) is 0 Å². The number of carbonyl (C=O) groups is 2. The number of fused-ring (bicyclic) bond motifs is 1. The normalized spacial score (nSPS) is 11.5. The summed E-state index contributed by atoms with van der Waals surface area (Å²) in [5.41, 5.74) is 4.51. The molecule has 0 bridgehead atoms. The third kappa shape index (κ3) is 4.61. The zero-order valence-electron chi connectivity index (χ0n) is 13.4. The van der Waals surface area contributed by atoms with E-state index in [9.17, 15) is 14.0 Å². The van der Waals surface area contributed by atoms with Crippen molar-refractivity contribution in [1.82, 2.24) is 19.5 Å². The molecule has 0 amide bonds. The Morgan fingerprint density at radius 1 is 1.25 bits per heavy atom. The van der Waals surface area contributed by atoms with Gasteiger partial charge in [-0.25, -0.2) is 14.4 Å². The molecule has 0 aromatic carbocycles. The van der Waals surface area contributed by atoms with Gasteiger partial charge in [-0.2, -0.15) is 4.98 Å². The number of alkyl halides is 1. The first kappa shape index (κ1) is 17.6. The maximum atomic E-state index is 14.9. The summed E-state index contributed by atoms with van der Waals surface area (Å²) in [5, 5.41) is 0. The summed E-state index contributed by atoms with van der Waals surface area (Å²) in [5.74, 6) is -1.16. The quantitative estimate of drug-likeness (QED) is 0.729. The van der Waals surface area contributed by atoms with Crippen LogP contribution in [0.2, 0.25) is 0 Å². The van der Waals surface area contributed by atoms with E-state index in [-0.39, 0.29) is 18.9 Å². The van der Waals surface area contributed by atoms with Crippen LogP contribution in [0.5, 0.6) is 0 Å². The number of ether oxygens (including phenoxy) is 2. The molecule has 130 valence electrons. The zero-order chi connectivity index (χ0) is 17.7. The van der Waals surface area contributed by atoms with Gasteiger partial charge in [0.25, 0.3) is 0 Å². The second kappa shape index (κ2) is 7.20. The molecular formula is C14H18FN5O4. The summed E-state index contributed by atoms with van der Waals surface area (Å²) >= 11 is 0. The molecule has 0 aliphatic rings.